The monoisotopic (exact) mass is 1330 g/mol. The van der Waals surface area contributed by atoms with Crippen LogP contribution in [-0.4, -0.2) is 262 Å². The van der Waals surface area contributed by atoms with Gasteiger partial charge in [0.1, 0.15) is 11.9 Å². The minimum Gasteiger partial charge on any atom is -0.395 e. The molecule has 0 bridgehead atoms. The van der Waals surface area contributed by atoms with Crippen LogP contribution >= 0.6 is 0 Å². The second-order valence-corrected chi connectivity index (χ2v) is 22.8. The molecule has 29 heteroatoms. The maximum absolute atomic E-state index is 14.0. The zero-order valence-corrected chi connectivity index (χ0v) is 55.2. The van der Waals surface area contributed by atoms with E-state index >= 15 is 0 Å². The summed E-state index contributed by atoms with van der Waals surface area (Å²) in [5.41, 5.74) is 10.3. The van der Waals surface area contributed by atoms with Gasteiger partial charge in [0, 0.05) is 108 Å². The molecule has 8 amide bonds. The largest absolute Gasteiger partial charge is 0.395 e. The van der Waals surface area contributed by atoms with Gasteiger partial charge < -0.3 is 89.3 Å². The molecule has 0 radical (unpaired) electrons. The van der Waals surface area contributed by atoms with E-state index in [0.29, 0.717) is 173 Å². The first-order valence-corrected chi connectivity index (χ1v) is 33.0. The van der Waals surface area contributed by atoms with Crippen LogP contribution < -0.4 is 27.0 Å². The van der Waals surface area contributed by atoms with E-state index in [9.17, 15) is 43.5 Å². The Balaban J connectivity index is 0.801. The zero-order chi connectivity index (χ0) is 67.9. The van der Waals surface area contributed by atoms with Crippen LogP contribution in [0.5, 0.6) is 0 Å². The second kappa shape index (κ2) is 43.8. The molecule has 0 spiro atoms. The maximum atomic E-state index is 14.0. The Bertz CT molecular complexity index is 2850. The van der Waals surface area contributed by atoms with Crippen molar-refractivity contribution in [2.45, 2.75) is 95.6 Å². The SMILES string of the molecule is CCCN(CCO)C(=O)C1=Cc2ccc(C3(C(=O)Nc4cnc5c(c4)CN(C(=O)CCOCCOCCNC(=O)C(CCCCNC(=O)CCOCCOCCOCCOCCOCCOCCOCCOC)NC(=O)CCN4C(=O)C=CC4=O)CC5)CC3)cc2N=C(N)C1. The number of nitrogens with one attached hydrogen (secondary N) is 4. The number of aromatic nitrogens is 1. The number of methoxy groups -OCH3 is 1. The summed E-state index contributed by atoms with van der Waals surface area (Å²) >= 11 is 0. The Kier molecular flexibility index (Phi) is 35.4. The second-order valence-electron chi connectivity index (χ2n) is 22.8. The van der Waals surface area contributed by atoms with Crippen LogP contribution in [0.2, 0.25) is 0 Å². The molecule has 2 aromatic rings. The molecule has 1 unspecified atom stereocenters. The Labute approximate surface area is 555 Å². The number of aliphatic hydroxyl groups is 1. The number of benzene rings is 1. The van der Waals surface area contributed by atoms with Crippen LogP contribution in [0.1, 0.15) is 93.5 Å². The maximum Gasteiger partial charge on any atom is 0.253 e. The average molecular weight is 1340 g/mol. The lowest BCUT2D eigenvalue weighted by molar-refractivity contribution is -0.138. The number of rotatable bonds is 51. The highest BCUT2D eigenvalue weighted by Gasteiger charge is 2.51. The van der Waals surface area contributed by atoms with Gasteiger partial charge in [-0.25, -0.2) is 4.99 Å². The molecule has 1 atom stereocenters. The number of nitrogens with two attached hydrogens (primary N) is 1. The number of imide groups is 1. The average Bonchev–Trinajstić information content (AvgIpc) is 1.60. The van der Waals surface area contributed by atoms with Crippen molar-refractivity contribution < 1.29 is 90.8 Å². The number of hydrogen-bond acceptors (Lipinski definition) is 22. The van der Waals surface area contributed by atoms with Crippen molar-refractivity contribution in [1.82, 2.24) is 35.6 Å². The van der Waals surface area contributed by atoms with E-state index in [1.807, 2.05) is 31.2 Å². The van der Waals surface area contributed by atoms with Crippen molar-refractivity contribution in [3.05, 3.63) is 70.6 Å². The standard InChI is InChI=1S/C66H98N10O19/c1-3-19-74(22-23-77)64(84)50-43-49-7-8-52(46-56(49)72-57(67)45-50)66(15-16-66)65(85)71-53-44-51-48-75(20-11-54(51)70-47-53)60(80)14-25-88-29-31-89-26-18-69-63(83)55(73-59(79)12-21-76-61(81)9-10-62(76)82)6-4-5-17-68-58(78)13-24-87-30-32-91-35-36-93-39-40-95-42-41-94-38-37-92-34-33-90-28-27-86-2/h7-10,43-44,46-47,55,77H,3-6,11-42,45,48H2,1-2H3,(H2,67,72)(H,68,78)(H,69,83)(H,71,85)(H,73,79). The van der Waals surface area contributed by atoms with Crippen molar-refractivity contribution in [2.24, 2.45) is 10.7 Å². The number of aliphatic imine (C=N–C) groups is 1. The highest BCUT2D eigenvalue weighted by atomic mass is 16.6. The number of amides is 8. The van der Waals surface area contributed by atoms with Gasteiger partial charge >= 0.3 is 0 Å². The number of carbonyl (C=O) groups is 8. The fourth-order valence-electron chi connectivity index (χ4n) is 10.4. The number of fused-ring (bicyclic) bond motifs is 2. The molecule has 526 valence electrons. The molecule has 7 N–H and O–H groups in total. The highest BCUT2D eigenvalue weighted by molar-refractivity contribution is 6.13. The summed E-state index contributed by atoms with van der Waals surface area (Å²) in [6.07, 6.45) is 9.73. The summed E-state index contributed by atoms with van der Waals surface area (Å²) < 4.78 is 54.5. The normalized spacial score (nSPS) is 14.9. The number of hydrogen-bond donors (Lipinski definition) is 6. The predicted octanol–water partition coefficient (Wildman–Crippen LogP) is 1.42. The number of anilines is 1. The minimum atomic E-state index is -0.938. The van der Waals surface area contributed by atoms with E-state index in [4.69, 9.17) is 53.1 Å². The van der Waals surface area contributed by atoms with Crippen LogP contribution in [0.3, 0.4) is 0 Å². The molecule has 3 aliphatic heterocycles. The first kappa shape index (κ1) is 76.9. The van der Waals surface area contributed by atoms with E-state index in [1.54, 1.807) is 29.2 Å². The summed E-state index contributed by atoms with van der Waals surface area (Å²) in [5, 5.41) is 21.0. The van der Waals surface area contributed by atoms with Crippen molar-refractivity contribution >= 4 is 70.5 Å². The van der Waals surface area contributed by atoms with Crippen LogP contribution in [-0.2, 0) is 104 Å². The summed E-state index contributed by atoms with van der Waals surface area (Å²) in [6, 6.07) is 6.54. The molecule has 1 saturated carbocycles. The third kappa shape index (κ3) is 27.8. The lowest BCUT2D eigenvalue weighted by atomic mass is 9.92. The first-order valence-electron chi connectivity index (χ1n) is 33.0. The molecule has 95 heavy (non-hydrogen) atoms. The molecule has 1 fully saturated rings. The topological polar surface area (TPSA) is 358 Å². The lowest BCUT2D eigenvalue weighted by Gasteiger charge is -2.29. The Morgan fingerprint density at radius 2 is 1.31 bits per heavy atom. The molecule has 6 rings (SSSR count). The minimum absolute atomic E-state index is 0.0975. The highest BCUT2D eigenvalue weighted by Crippen LogP contribution is 2.50. The fraction of sp³-hybridized carbons (Fsp3) is 0.636. The van der Waals surface area contributed by atoms with Crippen molar-refractivity contribution in [3.63, 3.8) is 0 Å². The number of amidine groups is 1. The molecule has 1 aromatic carbocycles. The Morgan fingerprint density at radius 1 is 0.705 bits per heavy atom. The number of nitrogens with zero attached hydrogens (tertiary/aromatic N) is 5. The van der Waals surface area contributed by atoms with E-state index in [-0.39, 0.29) is 121 Å². The van der Waals surface area contributed by atoms with E-state index < -0.39 is 35.1 Å². The van der Waals surface area contributed by atoms with Crippen LogP contribution in [0.15, 0.2) is 53.2 Å². The van der Waals surface area contributed by atoms with Gasteiger partial charge in [0.05, 0.1) is 162 Å². The molecule has 29 nitrogen and oxygen atoms in total. The summed E-state index contributed by atoms with van der Waals surface area (Å²) in [5.74, 6) is -2.41. The quantitative estimate of drug-likeness (QED) is 0.0403. The molecular formula is C66H98N10O19. The van der Waals surface area contributed by atoms with Crippen LogP contribution in [0.25, 0.3) is 6.08 Å². The number of pyridine rings is 1. The third-order valence-electron chi connectivity index (χ3n) is 15.7. The van der Waals surface area contributed by atoms with Gasteiger partial charge in [-0.2, -0.15) is 0 Å². The van der Waals surface area contributed by atoms with E-state index in [0.717, 1.165) is 40.3 Å². The summed E-state index contributed by atoms with van der Waals surface area (Å²) in [4.78, 5) is 117. The van der Waals surface area contributed by atoms with Crippen LogP contribution in [0, 0.1) is 0 Å². The molecule has 1 aliphatic carbocycles. The molecule has 0 saturated heterocycles. The fourth-order valence-corrected chi connectivity index (χ4v) is 10.4. The molecular weight excluding hydrogens is 1240 g/mol. The van der Waals surface area contributed by atoms with Crippen molar-refractivity contribution in [1.29, 1.82) is 0 Å². The van der Waals surface area contributed by atoms with Crippen molar-refractivity contribution in [2.75, 3.05) is 184 Å². The van der Waals surface area contributed by atoms with Gasteiger partial charge in [-0.15, -0.1) is 0 Å². The van der Waals surface area contributed by atoms with Gasteiger partial charge in [0.15, 0.2) is 0 Å². The lowest BCUT2D eigenvalue weighted by Crippen LogP contribution is -2.48. The number of ether oxygens (including phenoxy) is 10. The zero-order valence-electron chi connectivity index (χ0n) is 55.2. The summed E-state index contributed by atoms with van der Waals surface area (Å²) in [7, 11) is 1.63. The van der Waals surface area contributed by atoms with Gasteiger partial charge in [-0.3, -0.25) is 48.2 Å². The smallest absolute Gasteiger partial charge is 0.253 e. The van der Waals surface area contributed by atoms with Gasteiger partial charge in [-0.1, -0.05) is 19.1 Å². The first-order chi connectivity index (χ1) is 46.2. The molecule has 4 heterocycles. The third-order valence-corrected chi connectivity index (χ3v) is 15.7. The van der Waals surface area contributed by atoms with Gasteiger partial charge in [0.25, 0.3) is 11.8 Å². The Morgan fingerprint density at radius 3 is 1.91 bits per heavy atom. The number of aliphatic hydroxyl groups excluding tert-OH is 1. The van der Waals surface area contributed by atoms with Crippen molar-refractivity contribution in [3.8, 4) is 0 Å². The molecule has 4 aliphatic rings. The van der Waals surface area contributed by atoms with E-state index in [1.165, 1.54) is 0 Å². The van der Waals surface area contributed by atoms with E-state index in [2.05, 4.69) is 31.2 Å². The number of unbranched alkanes of at least 4 members (excludes halogenated alkanes) is 1. The number of carbonyl (C=O) groups excluding carboxylic acids is 8. The van der Waals surface area contributed by atoms with Crippen LogP contribution in [0.4, 0.5) is 11.4 Å². The molecule has 1 aromatic heterocycles. The Hall–Kier alpha value is -7.16. The summed E-state index contributed by atoms with van der Waals surface area (Å²) in [6.45, 7) is 10.9. The van der Waals surface area contributed by atoms with Gasteiger partial charge in [-0.05, 0) is 67.9 Å². The van der Waals surface area contributed by atoms with Gasteiger partial charge in [0.2, 0.25) is 35.4 Å². The predicted molar refractivity (Wildman–Crippen MR) is 348 cm³/mol.